The molecule has 1 spiro atoms. The van der Waals surface area contributed by atoms with E-state index in [4.69, 9.17) is 11.6 Å². The zero-order chi connectivity index (χ0) is 25.8. The molecule has 9 heteroatoms. The lowest BCUT2D eigenvalue weighted by atomic mass is 9.70. The van der Waals surface area contributed by atoms with E-state index >= 15 is 0 Å². The van der Waals surface area contributed by atoms with Crippen LogP contribution >= 0.6 is 23.4 Å². The molecular weight excluding hydrogens is 531 g/mol. The van der Waals surface area contributed by atoms with Gasteiger partial charge in [0.25, 0.3) is 15.9 Å². The van der Waals surface area contributed by atoms with E-state index in [1.165, 1.54) is 24.3 Å². The van der Waals surface area contributed by atoms with Gasteiger partial charge in [0, 0.05) is 11.0 Å². The summed E-state index contributed by atoms with van der Waals surface area (Å²) in [6, 6.07) is 17.2. The van der Waals surface area contributed by atoms with Crippen molar-refractivity contribution < 1.29 is 17.6 Å². The molecule has 1 atom stereocenters. The molecule has 2 aliphatic heterocycles. The first-order chi connectivity index (χ1) is 17.8. The highest BCUT2D eigenvalue weighted by molar-refractivity contribution is 7.99. The number of sulfonamides is 1. The minimum Gasteiger partial charge on any atom is -0.321 e. The molecule has 0 bridgehead atoms. The standard InChI is InChI=1S/C28H26ClFN2O3S2/c29-23-3-1-2-4-24(23)31-27(33)19-7-12-25-22(17-19)28(13-15-36-16-14-28)26(18-5-6-18)32(25)37(34,35)21-10-8-20(30)9-11-21/h1-4,7-12,17-18,26H,5-6,13-16H2,(H,31,33). The highest BCUT2D eigenvalue weighted by atomic mass is 35.5. The maximum atomic E-state index is 14.1. The number of halogens is 2. The maximum Gasteiger partial charge on any atom is 0.264 e. The second-order valence-electron chi connectivity index (χ2n) is 9.97. The molecule has 1 saturated heterocycles. The van der Waals surface area contributed by atoms with Gasteiger partial charge in [0.1, 0.15) is 5.82 Å². The van der Waals surface area contributed by atoms with Crippen LogP contribution in [0.2, 0.25) is 5.02 Å². The van der Waals surface area contributed by atoms with Gasteiger partial charge in [0.15, 0.2) is 0 Å². The molecule has 2 fully saturated rings. The summed E-state index contributed by atoms with van der Waals surface area (Å²) in [5.41, 5.74) is 2.17. The quantitative estimate of drug-likeness (QED) is 0.390. The molecule has 2 heterocycles. The average molecular weight is 557 g/mol. The number of fused-ring (bicyclic) bond motifs is 2. The van der Waals surface area contributed by atoms with Crippen molar-refractivity contribution in [2.75, 3.05) is 21.1 Å². The monoisotopic (exact) mass is 556 g/mol. The van der Waals surface area contributed by atoms with Gasteiger partial charge in [-0.3, -0.25) is 9.10 Å². The van der Waals surface area contributed by atoms with Crippen LogP contribution in [0, 0.1) is 11.7 Å². The minimum atomic E-state index is -3.94. The number of benzene rings is 3. The third kappa shape index (κ3) is 4.23. The lowest BCUT2D eigenvalue weighted by Gasteiger charge is -2.41. The van der Waals surface area contributed by atoms with Crippen LogP contribution in [0.15, 0.2) is 71.6 Å². The lowest BCUT2D eigenvalue weighted by molar-refractivity contribution is 0.102. The van der Waals surface area contributed by atoms with Gasteiger partial charge in [-0.05, 0) is 103 Å². The topological polar surface area (TPSA) is 66.5 Å². The molecule has 1 aliphatic carbocycles. The zero-order valence-corrected chi connectivity index (χ0v) is 22.4. The van der Waals surface area contributed by atoms with Crippen LogP contribution < -0.4 is 9.62 Å². The summed E-state index contributed by atoms with van der Waals surface area (Å²) >= 11 is 8.13. The van der Waals surface area contributed by atoms with Crippen LogP contribution in [0.3, 0.4) is 0 Å². The van der Waals surface area contributed by atoms with E-state index in [1.807, 2.05) is 17.8 Å². The van der Waals surface area contributed by atoms with Crippen LogP contribution in [-0.2, 0) is 15.4 Å². The van der Waals surface area contributed by atoms with E-state index in [1.54, 1.807) is 40.7 Å². The van der Waals surface area contributed by atoms with Crippen LogP contribution in [0.25, 0.3) is 0 Å². The molecule has 1 saturated carbocycles. The number of hydrogen-bond donors (Lipinski definition) is 1. The highest BCUT2D eigenvalue weighted by Gasteiger charge is 2.59. The van der Waals surface area contributed by atoms with Crippen molar-refractivity contribution in [1.29, 1.82) is 0 Å². The Morgan fingerprint density at radius 1 is 1.03 bits per heavy atom. The smallest absolute Gasteiger partial charge is 0.264 e. The third-order valence-corrected chi connectivity index (χ3v) is 10.9. The third-order valence-electron chi connectivity index (χ3n) is 7.80. The van der Waals surface area contributed by atoms with Crippen molar-refractivity contribution in [3.05, 3.63) is 88.7 Å². The largest absolute Gasteiger partial charge is 0.321 e. The second kappa shape index (κ2) is 9.33. The number of thioether (sulfide) groups is 1. The average Bonchev–Trinajstić information content (AvgIpc) is 3.70. The Morgan fingerprint density at radius 2 is 1.73 bits per heavy atom. The van der Waals surface area contributed by atoms with Gasteiger partial charge in [-0.25, -0.2) is 12.8 Å². The summed E-state index contributed by atoms with van der Waals surface area (Å²) in [5, 5.41) is 3.33. The van der Waals surface area contributed by atoms with Crippen LogP contribution in [0.1, 0.15) is 41.6 Å². The molecule has 6 rings (SSSR count). The number of nitrogens with zero attached hydrogens (tertiary/aromatic N) is 1. The predicted octanol–water partition coefficient (Wildman–Crippen LogP) is 6.48. The number of para-hydroxylation sites is 1. The Balaban J connectivity index is 1.47. The van der Waals surface area contributed by atoms with E-state index < -0.39 is 15.8 Å². The molecule has 1 amide bonds. The van der Waals surface area contributed by atoms with Crippen LogP contribution in [0.5, 0.6) is 0 Å². The van der Waals surface area contributed by atoms with Gasteiger partial charge in [0.2, 0.25) is 0 Å². The van der Waals surface area contributed by atoms with Crippen molar-refractivity contribution in [3.8, 4) is 0 Å². The number of amides is 1. The molecule has 3 aromatic carbocycles. The molecule has 37 heavy (non-hydrogen) atoms. The van der Waals surface area contributed by atoms with Crippen molar-refractivity contribution in [1.82, 2.24) is 0 Å². The number of carbonyl (C=O) groups is 1. The second-order valence-corrected chi connectivity index (χ2v) is 13.4. The van der Waals surface area contributed by atoms with Gasteiger partial charge in [-0.15, -0.1) is 0 Å². The summed E-state index contributed by atoms with van der Waals surface area (Å²) in [5.74, 6) is 1.35. The molecule has 3 aliphatic rings. The SMILES string of the molecule is O=C(Nc1ccccc1Cl)c1ccc2c(c1)C1(CCSCC1)C(C1CC1)N2S(=O)(=O)c1ccc(F)cc1. The van der Waals surface area contributed by atoms with Crippen LogP contribution in [0.4, 0.5) is 15.8 Å². The molecular formula is C28H26ClFN2O3S2. The van der Waals surface area contributed by atoms with Crippen molar-refractivity contribution >= 4 is 50.7 Å². The summed E-state index contributed by atoms with van der Waals surface area (Å²) < 4.78 is 43.4. The van der Waals surface area contributed by atoms with Gasteiger partial charge in [0.05, 0.1) is 27.3 Å². The fourth-order valence-corrected chi connectivity index (χ4v) is 9.12. The Morgan fingerprint density at radius 3 is 2.41 bits per heavy atom. The first-order valence-electron chi connectivity index (χ1n) is 12.4. The Bertz CT molecular complexity index is 1470. The fourth-order valence-electron chi connectivity index (χ4n) is 5.91. The van der Waals surface area contributed by atoms with E-state index in [2.05, 4.69) is 5.32 Å². The van der Waals surface area contributed by atoms with E-state index in [0.717, 1.165) is 42.8 Å². The highest BCUT2D eigenvalue weighted by Crippen LogP contribution is 2.59. The molecule has 0 aromatic heterocycles. The first-order valence-corrected chi connectivity index (χ1v) is 15.4. The zero-order valence-electron chi connectivity index (χ0n) is 20.0. The van der Waals surface area contributed by atoms with Crippen molar-refractivity contribution in [2.24, 2.45) is 5.92 Å². The molecule has 0 radical (unpaired) electrons. The van der Waals surface area contributed by atoms with E-state index in [0.29, 0.717) is 22.0 Å². The fraction of sp³-hybridized carbons (Fsp3) is 0.321. The predicted molar refractivity (Wildman–Crippen MR) is 147 cm³/mol. The number of hydrogen-bond acceptors (Lipinski definition) is 4. The molecule has 3 aromatic rings. The summed E-state index contributed by atoms with van der Waals surface area (Å²) in [6.07, 6.45) is 3.64. The first kappa shape index (κ1) is 24.8. The van der Waals surface area contributed by atoms with Gasteiger partial charge in [-0.2, -0.15) is 11.8 Å². The molecule has 1 N–H and O–H groups in total. The Hall–Kier alpha value is -2.55. The van der Waals surface area contributed by atoms with Gasteiger partial charge in [-0.1, -0.05) is 23.7 Å². The Kier molecular flexibility index (Phi) is 6.24. The minimum absolute atomic E-state index is 0.0771. The molecule has 1 unspecified atom stereocenters. The normalized spacial score (nSPS) is 20.6. The van der Waals surface area contributed by atoms with Gasteiger partial charge < -0.3 is 5.32 Å². The summed E-state index contributed by atoms with van der Waals surface area (Å²) in [7, 11) is -3.94. The van der Waals surface area contributed by atoms with Crippen molar-refractivity contribution in [2.45, 2.75) is 42.0 Å². The van der Waals surface area contributed by atoms with Crippen molar-refractivity contribution in [3.63, 3.8) is 0 Å². The van der Waals surface area contributed by atoms with Gasteiger partial charge >= 0.3 is 0 Å². The lowest BCUT2D eigenvalue weighted by Crippen LogP contribution is -2.50. The summed E-state index contributed by atoms with van der Waals surface area (Å²) in [4.78, 5) is 13.3. The Labute approximate surface area is 225 Å². The summed E-state index contributed by atoms with van der Waals surface area (Å²) in [6.45, 7) is 0. The van der Waals surface area contributed by atoms with E-state index in [9.17, 15) is 17.6 Å². The number of rotatable bonds is 5. The molecule has 5 nitrogen and oxygen atoms in total. The van der Waals surface area contributed by atoms with Crippen LogP contribution in [-0.4, -0.2) is 31.9 Å². The maximum absolute atomic E-state index is 14.1. The number of nitrogens with one attached hydrogen (secondary N) is 1. The number of anilines is 2. The molecule has 192 valence electrons. The number of carbonyl (C=O) groups excluding carboxylic acids is 1. The van der Waals surface area contributed by atoms with E-state index in [-0.39, 0.29) is 28.2 Å².